The maximum absolute atomic E-state index is 12.9. The molecule has 18 heavy (non-hydrogen) atoms. The van der Waals surface area contributed by atoms with Gasteiger partial charge in [-0.05, 0) is 30.5 Å². The van der Waals surface area contributed by atoms with E-state index in [1.807, 2.05) is 0 Å². The van der Waals surface area contributed by atoms with Crippen LogP contribution in [-0.2, 0) is 10.2 Å². The Morgan fingerprint density at radius 3 is 2.44 bits per heavy atom. The van der Waals surface area contributed by atoms with Crippen LogP contribution in [0.4, 0.5) is 4.39 Å². The molecule has 0 unspecified atom stereocenters. The first-order valence-electron chi connectivity index (χ1n) is 6.22. The number of carbonyl (C=O) groups is 1. The zero-order chi connectivity index (χ0) is 13.2. The molecule has 0 spiro atoms. The van der Waals surface area contributed by atoms with Crippen LogP contribution in [0.3, 0.4) is 0 Å². The van der Waals surface area contributed by atoms with E-state index in [9.17, 15) is 9.18 Å². The molecule has 1 aliphatic carbocycles. The second-order valence-electron chi connectivity index (χ2n) is 4.89. The van der Waals surface area contributed by atoms with Crippen molar-refractivity contribution in [1.29, 1.82) is 0 Å². The fraction of sp³-hybridized carbons (Fsp3) is 0.500. The fourth-order valence-electron chi connectivity index (χ4n) is 2.54. The summed E-state index contributed by atoms with van der Waals surface area (Å²) in [4.78, 5) is 14.0. The molecule has 4 heteroatoms. The van der Waals surface area contributed by atoms with E-state index in [4.69, 9.17) is 5.11 Å². The van der Waals surface area contributed by atoms with Gasteiger partial charge in [-0.15, -0.1) is 0 Å². The quantitative estimate of drug-likeness (QED) is 0.884. The van der Waals surface area contributed by atoms with Crippen LogP contribution in [-0.4, -0.2) is 36.1 Å². The predicted octanol–water partition coefficient (Wildman–Crippen LogP) is 1.70. The second-order valence-corrected chi connectivity index (χ2v) is 4.89. The lowest BCUT2D eigenvalue weighted by Crippen LogP contribution is -2.50. The van der Waals surface area contributed by atoms with Crippen LogP contribution in [0.15, 0.2) is 24.3 Å². The number of amides is 1. The molecule has 1 aromatic carbocycles. The van der Waals surface area contributed by atoms with Crippen molar-refractivity contribution < 1.29 is 14.3 Å². The smallest absolute Gasteiger partial charge is 0.233 e. The Labute approximate surface area is 106 Å². The van der Waals surface area contributed by atoms with Crippen molar-refractivity contribution in [3.05, 3.63) is 35.6 Å². The number of nitrogens with zero attached hydrogens (tertiary/aromatic N) is 1. The minimum atomic E-state index is -0.502. The van der Waals surface area contributed by atoms with Gasteiger partial charge in [0.15, 0.2) is 0 Å². The number of benzene rings is 1. The average molecular weight is 251 g/mol. The summed E-state index contributed by atoms with van der Waals surface area (Å²) < 4.78 is 12.9. The molecule has 1 fully saturated rings. The molecule has 1 N–H and O–H groups in total. The molecule has 1 aromatic rings. The zero-order valence-corrected chi connectivity index (χ0v) is 10.5. The summed E-state index contributed by atoms with van der Waals surface area (Å²) in [5.74, 6) is -0.265. The average Bonchev–Trinajstić information content (AvgIpc) is 2.30. The van der Waals surface area contributed by atoms with Gasteiger partial charge in [0.2, 0.25) is 5.91 Å². The lowest BCUT2D eigenvalue weighted by molar-refractivity contribution is -0.140. The minimum Gasteiger partial charge on any atom is -0.395 e. The van der Waals surface area contributed by atoms with Gasteiger partial charge in [-0.25, -0.2) is 4.39 Å². The van der Waals surface area contributed by atoms with E-state index in [2.05, 4.69) is 0 Å². The minimum absolute atomic E-state index is 0.0226. The Kier molecular flexibility index (Phi) is 3.66. The molecule has 0 bridgehead atoms. The maximum atomic E-state index is 12.9. The monoisotopic (exact) mass is 251 g/mol. The van der Waals surface area contributed by atoms with Gasteiger partial charge in [0.05, 0.1) is 12.0 Å². The summed E-state index contributed by atoms with van der Waals surface area (Å²) in [6.45, 7) is 0.295. The summed E-state index contributed by atoms with van der Waals surface area (Å²) in [5.41, 5.74) is 0.377. The highest BCUT2D eigenvalue weighted by Crippen LogP contribution is 2.45. The van der Waals surface area contributed by atoms with E-state index in [0.717, 1.165) is 24.8 Å². The summed E-state index contributed by atoms with van der Waals surface area (Å²) in [7, 11) is 1.70. The van der Waals surface area contributed by atoms with Gasteiger partial charge in [0, 0.05) is 13.6 Å². The van der Waals surface area contributed by atoms with Crippen molar-refractivity contribution in [2.75, 3.05) is 20.2 Å². The topological polar surface area (TPSA) is 40.5 Å². The number of aliphatic hydroxyl groups is 1. The number of halogens is 1. The standard InChI is InChI=1S/C14H18FNO2/c1-16(9-10-17)13(18)14(7-2-8-14)11-3-5-12(15)6-4-11/h3-6,17H,2,7-10H2,1H3. The number of hydrogen-bond donors (Lipinski definition) is 1. The van der Waals surface area contributed by atoms with Crippen LogP contribution >= 0.6 is 0 Å². The van der Waals surface area contributed by atoms with E-state index >= 15 is 0 Å². The summed E-state index contributed by atoms with van der Waals surface area (Å²) in [6.07, 6.45) is 2.61. The van der Waals surface area contributed by atoms with Gasteiger partial charge in [0.25, 0.3) is 0 Å². The van der Waals surface area contributed by atoms with E-state index in [1.165, 1.54) is 12.1 Å². The first-order chi connectivity index (χ1) is 8.60. The van der Waals surface area contributed by atoms with Crippen molar-refractivity contribution in [2.45, 2.75) is 24.7 Å². The highest BCUT2D eigenvalue weighted by molar-refractivity contribution is 5.89. The third-order valence-electron chi connectivity index (χ3n) is 3.80. The molecule has 0 atom stereocenters. The molecule has 1 aliphatic rings. The molecule has 2 rings (SSSR count). The van der Waals surface area contributed by atoms with Gasteiger partial charge in [0.1, 0.15) is 5.82 Å². The Hall–Kier alpha value is -1.42. The van der Waals surface area contributed by atoms with Crippen LogP contribution in [0, 0.1) is 5.82 Å². The molecular formula is C14H18FNO2. The highest BCUT2D eigenvalue weighted by Gasteiger charge is 2.46. The van der Waals surface area contributed by atoms with Crippen LogP contribution in [0.25, 0.3) is 0 Å². The van der Waals surface area contributed by atoms with E-state index < -0.39 is 5.41 Å². The summed E-state index contributed by atoms with van der Waals surface area (Å²) >= 11 is 0. The van der Waals surface area contributed by atoms with E-state index in [-0.39, 0.29) is 18.3 Å². The Bertz CT molecular complexity index is 426. The van der Waals surface area contributed by atoms with E-state index in [1.54, 1.807) is 24.1 Å². The fourth-order valence-corrected chi connectivity index (χ4v) is 2.54. The first-order valence-corrected chi connectivity index (χ1v) is 6.22. The molecule has 98 valence electrons. The maximum Gasteiger partial charge on any atom is 0.233 e. The predicted molar refractivity (Wildman–Crippen MR) is 66.7 cm³/mol. The zero-order valence-electron chi connectivity index (χ0n) is 10.5. The van der Waals surface area contributed by atoms with Crippen molar-refractivity contribution >= 4 is 5.91 Å². The first kappa shape index (κ1) is 13.0. The number of carbonyl (C=O) groups excluding carboxylic acids is 1. The van der Waals surface area contributed by atoms with Crippen molar-refractivity contribution in [1.82, 2.24) is 4.90 Å². The molecule has 0 radical (unpaired) electrons. The molecular weight excluding hydrogens is 233 g/mol. The number of likely N-dealkylation sites (N-methyl/N-ethyl adjacent to an activating group) is 1. The highest BCUT2D eigenvalue weighted by atomic mass is 19.1. The van der Waals surface area contributed by atoms with Crippen molar-refractivity contribution in [3.8, 4) is 0 Å². The molecule has 0 aliphatic heterocycles. The molecule has 3 nitrogen and oxygen atoms in total. The Balaban J connectivity index is 2.25. The molecule has 1 saturated carbocycles. The molecule has 0 aromatic heterocycles. The van der Waals surface area contributed by atoms with E-state index in [0.29, 0.717) is 6.54 Å². The lowest BCUT2D eigenvalue weighted by Gasteiger charge is -2.43. The molecule has 0 heterocycles. The number of hydrogen-bond acceptors (Lipinski definition) is 2. The lowest BCUT2D eigenvalue weighted by atomic mass is 9.63. The van der Waals surface area contributed by atoms with Crippen LogP contribution in [0.5, 0.6) is 0 Å². The van der Waals surface area contributed by atoms with Crippen molar-refractivity contribution in [3.63, 3.8) is 0 Å². The van der Waals surface area contributed by atoms with Crippen LogP contribution in [0.2, 0.25) is 0 Å². The number of aliphatic hydroxyl groups excluding tert-OH is 1. The summed E-state index contributed by atoms with van der Waals surface area (Å²) in [5, 5.41) is 8.91. The van der Waals surface area contributed by atoms with Gasteiger partial charge in [-0.1, -0.05) is 18.6 Å². The third-order valence-corrected chi connectivity index (χ3v) is 3.80. The van der Waals surface area contributed by atoms with Crippen molar-refractivity contribution in [2.24, 2.45) is 0 Å². The van der Waals surface area contributed by atoms with Gasteiger partial charge in [-0.3, -0.25) is 4.79 Å². The van der Waals surface area contributed by atoms with Crippen LogP contribution in [0.1, 0.15) is 24.8 Å². The Morgan fingerprint density at radius 2 is 2.00 bits per heavy atom. The Morgan fingerprint density at radius 1 is 1.39 bits per heavy atom. The third kappa shape index (κ3) is 2.12. The molecule has 0 saturated heterocycles. The summed E-state index contributed by atoms with van der Waals surface area (Å²) in [6, 6.07) is 6.18. The van der Waals surface area contributed by atoms with Gasteiger partial charge in [-0.2, -0.15) is 0 Å². The largest absolute Gasteiger partial charge is 0.395 e. The van der Waals surface area contributed by atoms with Crippen LogP contribution < -0.4 is 0 Å². The normalized spacial score (nSPS) is 17.1. The van der Waals surface area contributed by atoms with Gasteiger partial charge >= 0.3 is 0 Å². The number of rotatable bonds is 4. The SMILES string of the molecule is CN(CCO)C(=O)C1(c2ccc(F)cc2)CCC1. The molecule has 1 amide bonds. The van der Waals surface area contributed by atoms with Gasteiger partial charge < -0.3 is 10.0 Å². The second kappa shape index (κ2) is 5.06.